The monoisotopic (exact) mass is 166 g/mol. The molecule has 2 heteroatoms. The number of thioether (sulfide) groups is 1. The zero-order chi connectivity index (χ0) is 7.68. The van der Waals surface area contributed by atoms with Crippen LogP contribution in [0, 0.1) is 0 Å². The Hall–Kier alpha value is -0.470. The number of benzene rings is 1. The Morgan fingerprint density at radius 2 is 2.27 bits per heavy atom. The maximum atomic E-state index is 8.99. The molecule has 1 aromatic carbocycles. The predicted molar refractivity (Wildman–Crippen MR) is 47.6 cm³/mol. The second-order valence-electron chi connectivity index (χ2n) is 2.68. The smallest absolute Gasteiger partial charge is 0.0591 e. The van der Waals surface area contributed by atoms with E-state index < -0.39 is 0 Å². The van der Waals surface area contributed by atoms with Crippen molar-refractivity contribution in [3.8, 4) is 0 Å². The van der Waals surface area contributed by atoms with Crippen molar-refractivity contribution in [3.63, 3.8) is 0 Å². The van der Waals surface area contributed by atoms with E-state index in [0.717, 1.165) is 5.75 Å². The Kier molecular flexibility index (Phi) is 1.88. The molecule has 1 heterocycles. The molecule has 0 fully saturated rings. The van der Waals surface area contributed by atoms with Gasteiger partial charge in [0.15, 0.2) is 0 Å². The van der Waals surface area contributed by atoms with Gasteiger partial charge >= 0.3 is 0 Å². The van der Waals surface area contributed by atoms with Crippen molar-refractivity contribution in [2.45, 2.75) is 11.0 Å². The molecule has 11 heavy (non-hydrogen) atoms. The van der Waals surface area contributed by atoms with E-state index in [0.29, 0.717) is 5.25 Å². The molecule has 1 nitrogen and oxygen atoms in total. The lowest BCUT2D eigenvalue weighted by atomic mass is 10.1. The van der Waals surface area contributed by atoms with Crippen LogP contribution >= 0.6 is 11.8 Å². The molecular formula is C9H10OS. The first-order valence-corrected chi connectivity index (χ1v) is 4.77. The first-order chi connectivity index (χ1) is 5.42. The molecule has 0 aliphatic carbocycles. The van der Waals surface area contributed by atoms with Crippen molar-refractivity contribution in [2.24, 2.45) is 0 Å². The second-order valence-corrected chi connectivity index (χ2v) is 3.87. The number of aliphatic hydroxyl groups is 1. The minimum Gasteiger partial charge on any atom is -0.395 e. The molecule has 1 atom stereocenters. The summed E-state index contributed by atoms with van der Waals surface area (Å²) in [5, 5.41) is 9.32. The number of hydrogen-bond acceptors (Lipinski definition) is 2. The van der Waals surface area contributed by atoms with Gasteiger partial charge in [-0.05, 0) is 11.1 Å². The average molecular weight is 166 g/mol. The SMILES string of the molecule is OCC1SCc2ccccc21. The van der Waals surface area contributed by atoms with Gasteiger partial charge in [0.2, 0.25) is 0 Å². The summed E-state index contributed by atoms with van der Waals surface area (Å²) in [7, 11) is 0. The zero-order valence-electron chi connectivity index (χ0n) is 6.16. The van der Waals surface area contributed by atoms with E-state index in [1.54, 1.807) is 0 Å². The van der Waals surface area contributed by atoms with Crippen molar-refractivity contribution >= 4 is 11.8 Å². The van der Waals surface area contributed by atoms with Gasteiger partial charge < -0.3 is 5.11 Å². The van der Waals surface area contributed by atoms with Gasteiger partial charge in [0, 0.05) is 5.75 Å². The van der Waals surface area contributed by atoms with Gasteiger partial charge in [0.05, 0.1) is 11.9 Å². The highest BCUT2D eigenvalue weighted by Crippen LogP contribution is 2.40. The standard InChI is InChI=1S/C9H10OS/c10-5-9-8-4-2-1-3-7(8)6-11-9/h1-4,9-10H,5-6H2. The summed E-state index contributed by atoms with van der Waals surface area (Å²) in [5.74, 6) is 1.06. The molecule has 1 N–H and O–H groups in total. The lowest BCUT2D eigenvalue weighted by molar-refractivity contribution is 0.297. The molecule has 0 saturated carbocycles. The van der Waals surface area contributed by atoms with Crippen LogP contribution in [0.25, 0.3) is 0 Å². The van der Waals surface area contributed by atoms with Crippen LogP contribution in [0.5, 0.6) is 0 Å². The summed E-state index contributed by atoms with van der Waals surface area (Å²) in [6.07, 6.45) is 0. The molecule has 2 rings (SSSR count). The lowest BCUT2D eigenvalue weighted by Gasteiger charge is -2.04. The molecule has 0 saturated heterocycles. The van der Waals surface area contributed by atoms with Crippen LogP contribution in [-0.2, 0) is 5.75 Å². The van der Waals surface area contributed by atoms with Crippen LogP contribution in [0.2, 0.25) is 0 Å². The van der Waals surface area contributed by atoms with E-state index in [9.17, 15) is 0 Å². The molecule has 1 aromatic rings. The fourth-order valence-corrected chi connectivity index (χ4v) is 2.57. The predicted octanol–water partition coefficient (Wildman–Crippen LogP) is 1.97. The quantitative estimate of drug-likeness (QED) is 0.688. The number of rotatable bonds is 1. The molecule has 58 valence electrons. The van der Waals surface area contributed by atoms with Gasteiger partial charge in [-0.2, -0.15) is 0 Å². The molecule has 0 amide bonds. The first-order valence-electron chi connectivity index (χ1n) is 3.72. The second kappa shape index (κ2) is 2.88. The van der Waals surface area contributed by atoms with Gasteiger partial charge in [0.25, 0.3) is 0 Å². The highest BCUT2D eigenvalue weighted by molar-refractivity contribution is 7.99. The Bertz CT molecular complexity index is 259. The Morgan fingerprint density at radius 3 is 3.09 bits per heavy atom. The van der Waals surface area contributed by atoms with Gasteiger partial charge in [-0.1, -0.05) is 24.3 Å². The summed E-state index contributed by atoms with van der Waals surface area (Å²) < 4.78 is 0. The fourth-order valence-electron chi connectivity index (χ4n) is 1.41. The number of aliphatic hydroxyl groups excluding tert-OH is 1. The Balaban J connectivity index is 2.39. The maximum Gasteiger partial charge on any atom is 0.0591 e. The van der Waals surface area contributed by atoms with Crippen molar-refractivity contribution in [3.05, 3.63) is 35.4 Å². The summed E-state index contributed by atoms with van der Waals surface area (Å²) in [6.45, 7) is 0.266. The molecule has 0 radical (unpaired) electrons. The third-order valence-electron chi connectivity index (χ3n) is 2.01. The minimum atomic E-state index is 0.266. The summed E-state index contributed by atoms with van der Waals surface area (Å²) >= 11 is 1.82. The zero-order valence-corrected chi connectivity index (χ0v) is 6.97. The molecular weight excluding hydrogens is 156 g/mol. The normalized spacial score (nSPS) is 21.7. The van der Waals surface area contributed by atoms with Crippen molar-refractivity contribution in [1.29, 1.82) is 0 Å². The molecule has 0 aromatic heterocycles. The van der Waals surface area contributed by atoms with Gasteiger partial charge in [-0.3, -0.25) is 0 Å². The van der Waals surface area contributed by atoms with E-state index in [1.807, 2.05) is 17.8 Å². The van der Waals surface area contributed by atoms with Crippen molar-refractivity contribution < 1.29 is 5.11 Å². The molecule has 1 aliphatic heterocycles. The third-order valence-corrected chi connectivity index (χ3v) is 3.29. The summed E-state index contributed by atoms with van der Waals surface area (Å²) in [6, 6.07) is 8.33. The average Bonchev–Trinajstić information content (AvgIpc) is 2.47. The van der Waals surface area contributed by atoms with E-state index >= 15 is 0 Å². The maximum absolute atomic E-state index is 8.99. The first kappa shape index (κ1) is 7.19. The van der Waals surface area contributed by atoms with Gasteiger partial charge in [0.1, 0.15) is 0 Å². The molecule has 0 bridgehead atoms. The van der Waals surface area contributed by atoms with E-state index in [4.69, 9.17) is 5.11 Å². The molecule has 1 aliphatic rings. The van der Waals surface area contributed by atoms with Crippen LogP contribution in [0.15, 0.2) is 24.3 Å². The highest BCUT2D eigenvalue weighted by atomic mass is 32.2. The molecule has 1 unspecified atom stereocenters. The fraction of sp³-hybridized carbons (Fsp3) is 0.333. The topological polar surface area (TPSA) is 20.2 Å². The van der Waals surface area contributed by atoms with Crippen molar-refractivity contribution in [2.75, 3.05) is 6.61 Å². The van der Waals surface area contributed by atoms with Crippen molar-refractivity contribution in [1.82, 2.24) is 0 Å². The van der Waals surface area contributed by atoms with E-state index in [-0.39, 0.29) is 6.61 Å². The third kappa shape index (κ3) is 1.17. The van der Waals surface area contributed by atoms with Crippen LogP contribution in [0.3, 0.4) is 0 Å². The van der Waals surface area contributed by atoms with Crippen LogP contribution in [0.4, 0.5) is 0 Å². The Morgan fingerprint density at radius 1 is 1.45 bits per heavy atom. The lowest BCUT2D eigenvalue weighted by Crippen LogP contribution is -1.94. The Labute approximate surface area is 70.4 Å². The van der Waals surface area contributed by atoms with Crippen LogP contribution in [-0.4, -0.2) is 11.7 Å². The summed E-state index contributed by atoms with van der Waals surface area (Å²) in [4.78, 5) is 0. The van der Waals surface area contributed by atoms with Crippen LogP contribution in [0.1, 0.15) is 16.4 Å². The minimum absolute atomic E-state index is 0.266. The van der Waals surface area contributed by atoms with Gasteiger partial charge in [-0.15, -0.1) is 11.8 Å². The molecule has 0 spiro atoms. The number of fused-ring (bicyclic) bond motifs is 1. The summed E-state index contributed by atoms with van der Waals surface area (Å²) in [5.41, 5.74) is 2.71. The highest BCUT2D eigenvalue weighted by Gasteiger charge is 2.20. The largest absolute Gasteiger partial charge is 0.395 e. The van der Waals surface area contributed by atoms with E-state index in [1.165, 1.54) is 11.1 Å². The van der Waals surface area contributed by atoms with Gasteiger partial charge in [-0.25, -0.2) is 0 Å². The van der Waals surface area contributed by atoms with Crippen LogP contribution < -0.4 is 0 Å². The van der Waals surface area contributed by atoms with E-state index in [2.05, 4.69) is 18.2 Å². The number of hydrogen-bond donors (Lipinski definition) is 1.